The van der Waals surface area contributed by atoms with Crippen LogP contribution in [0.1, 0.15) is 23.2 Å². The average Bonchev–Trinajstić information content (AvgIpc) is 2.87. The number of hydrogen-bond donors (Lipinski definition) is 1. The van der Waals surface area contributed by atoms with Crippen LogP contribution in [0.15, 0.2) is 6.20 Å². The smallest absolute Gasteiger partial charge is 0.107 e. The second-order valence-corrected chi connectivity index (χ2v) is 5.35. The van der Waals surface area contributed by atoms with Gasteiger partial charge in [0.05, 0.1) is 6.54 Å². The highest BCUT2D eigenvalue weighted by atomic mass is 32.1. The first-order valence-electron chi connectivity index (χ1n) is 5.58. The first-order chi connectivity index (χ1) is 7.31. The van der Waals surface area contributed by atoms with E-state index < -0.39 is 0 Å². The summed E-state index contributed by atoms with van der Waals surface area (Å²) in [7, 11) is 0. The van der Waals surface area contributed by atoms with Gasteiger partial charge in [-0.05, 0) is 25.3 Å². The van der Waals surface area contributed by atoms with Crippen LogP contribution in [0.25, 0.3) is 0 Å². The van der Waals surface area contributed by atoms with Crippen LogP contribution in [-0.4, -0.2) is 34.7 Å². The number of aliphatic hydroxyl groups excluding tert-OH is 1. The molecule has 1 atom stereocenters. The van der Waals surface area contributed by atoms with Gasteiger partial charge in [-0.15, -0.1) is 11.3 Å². The van der Waals surface area contributed by atoms with Crippen molar-refractivity contribution in [2.45, 2.75) is 26.3 Å². The van der Waals surface area contributed by atoms with Crippen molar-refractivity contribution >= 4 is 11.3 Å². The molecule has 0 amide bonds. The number of hydrogen-bond acceptors (Lipinski definition) is 4. The summed E-state index contributed by atoms with van der Waals surface area (Å²) in [6, 6.07) is 0. The zero-order chi connectivity index (χ0) is 10.7. The van der Waals surface area contributed by atoms with E-state index in [1.807, 2.05) is 17.5 Å². The molecule has 2 heterocycles. The van der Waals surface area contributed by atoms with Crippen LogP contribution in [0.5, 0.6) is 0 Å². The summed E-state index contributed by atoms with van der Waals surface area (Å²) in [6.07, 6.45) is 4.19. The van der Waals surface area contributed by atoms with Gasteiger partial charge in [-0.3, -0.25) is 4.90 Å². The van der Waals surface area contributed by atoms with Gasteiger partial charge in [0.15, 0.2) is 0 Å². The predicted octanol–water partition coefficient (Wildman–Crippen LogP) is 1.52. The Balaban J connectivity index is 1.87. The third-order valence-electron chi connectivity index (χ3n) is 2.94. The number of nitrogens with zero attached hydrogens (tertiary/aromatic N) is 2. The van der Waals surface area contributed by atoms with Crippen molar-refractivity contribution in [2.75, 3.05) is 19.7 Å². The van der Waals surface area contributed by atoms with Gasteiger partial charge < -0.3 is 5.11 Å². The lowest BCUT2D eigenvalue weighted by Gasteiger charge is -2.13. The number of rotatable bonds is 4. The fourth-order valence-electron chi connectivity index (χ4n) is 1.98. The highest BCUT2D eigenvalue weighted by molar-refractivity contribution is 7.11. The first-order valence-corrected chi connectivity index (χ1v) is 6.40. The largest absolute Gasteiger partial charge is 0.396 e. The summed E-state index contributed by atoms with van der Waals surface area (Å²) in [6.45, 7) is 5.58. The monoisotopic (exact) mass is 226 g/mol. The van der Waals surface area contributed by atoms with E-state index in [1.165, 1.54) is 9.88 Å². The lowest BCUT2D eigenvalue weighted by molar-refractivity contribution is 0.220. The molecule has 1 aliphatic heterocycles. The first kappa shape index (κ1) is 11.0. The van der Waals surface area contributed by atoms with Crippen molar-refractivity contribution in [3.63, 3.8) is 0 Å². The molecule has 1 aromatic rings. The predicted molar refractivity (Wildman–Crippen MR) is 62.0 cm³/mol. The standard InChI is InChI=1S/C11H18N2OS/c1-2-10-5-12-11(15-10)7-13-4-3-9(6-13)8-14/h5,9,14H,2-4,6-8H2,1H3. The lowest BCUT2D eigenvalue weighted by atomic mass is 10.1. The van der Waals surface area contributed by atoms with Gasteiger partial charge in [-0.1, -0.05) is 6.92 Å². The van der Waals surface area contributed by atoms with Gasteiger partial charge in [0.25, 0.3) is 0 Å². The van der Waals surface area contributed by atoms with Crippen molar-refractivity contribution in [1.82, 2.24) is 9.88 Å². The number of aryl methyl sites for hydroxylation is 1. The molecule has 0 radical (unpaired) electrons. The van der Waals surface area contributed by atoms with E-state index in [0.29, 0.717) is 12.5 Å². The molecule has 1 aliphatic rings. The van der Waals surface area contributed by atoms with Crippen LogP contribution in [0, 0.1) is 5.92 Å². The van der Waals surface area contributed by atoms with Crippen LogP contribution in [0.2, 0.25) is 0 Å². The molecule has 1 N–H and O–H groups in total. The van der Waals surface area contributed by atoms with E-state index in [2.05, 4.69) is 16.8 Å². The molecule has 2 rings (SSSR count). The maximum Gasteiger partial charge on any atom is 0.107 e. The van der Waals surface area contributed by atoms with Gasteiger partial charge in [0.2, 0.25) is 0 Å². The van der Waals surface area contributed by atoms with Crippen molar-refractivity contribution in [1.29, 1.82) is 0 Å². The Labute approximate surface area is 94.8 Å². The topological polar surface area (TPSA) is 36.4 Å². The molecule has 0 spiro atoms. The van der Waals surface area contributed by atoms with E-state index in [0.717, 1.165) is 32.5 Å². The fraction of sp³-hybridized carbons (Fsp3) is 0.727. The van der Waals surface area contributed by atoms with Crippen LogP contribution >= 0.6 is 11.3 Å². The van der Waals surface area contributed by atoms with Gasteiger partial charge in [0.1, 0.15) is 5.01 Å². The molecule has 1 aromatic heterocycles. The van der Waals surface area contributed by atoms with Crippen molar-refractivity contribution < 1.29 is 5.11 Å². The number of aromatic nitrogens is 1. The van der Waals surface area contributed by atoms with E-state index in [4.69, 9.17) is 5.11 Å². The Kier molecular flexibility index (Phi) is 3.72. The molecular weight excluding hydrogens is 208 g/mol. The third kappa shape index (κ3) is 2.77. The molecule has 84 valence electrons. The Morgan fingerprint density at radius 2 is 2.53 bits per heavy atom. The van der Waals surface area contributed by atoms with Crippen molar-refractivity contribution in [2.24, 2.45) is 5.92 Å². The van der Waals surface area contributed by atoms with Crippen LogP contribution in [-0.2, 0) is 13.0 Å². The second-order valence-electron chi connectivity index (χ2n) is 4.15. The Morgan fingerprint density at radius 3 is 3.13 bits per heavy atom. The van der Waals surface area contributed by atoms with Crippen LogP contribution in [0.3, 0.4) is 0 Å². The summed E-state index contributed by atoms with van der Waals surface area (Å²) >= 11 is 1.81. The third-order valence-corrected chi connectivity index (χ3v) is 4.06. The zero-order valence-corrected chi connectivity index (χ0v) is 9.96. The van der Waals surface area contributed by atoms with Gasteiger partial charge in [-0.2, -0.15) is 0 Å². The van der Waals surface area contributed by atoms with E-state index in [9.17, 15) is 0 Å². The summed E-state index contributed by atoms with van der Waals surface area (Å²) in [5.74, 6) is 0.482. The number of aliphatic hydroxyl groups is 1. The van der Waals surface area contributed by atoms with E-state index >= 15 is 0 Å². The van der Waals surface area contributed by atoms with E-state index in [-0.39, 0.29) is 0 Å². The minimum atomic E-state index is 0.328. The quantitative estimate of drug-likeness (QED) is 0.845. The molecule has 1 saturated heterocycles. The van der Waals surface area contributed by atoms with Gasteiger partial charge in [0, 0.05) is 24.2 Å². The van der Waals surface area contributed by atoms with Crippen LogP contribution < -0.4 is 0 Å². The fourth-order valence-corrected chi connectivity index (χ4v) is 2.89. The highest BCUT2D eigenvalue weighted by Gasteiger charge is 2.22. The maximum atomic E-state index is 9.05. The summed E-state index contributed by atoms with van der Waals surface area (Å²) in [4.78, 5) is 8.17. The molecule has 0 bridgehead atoms. The summed E-state index contributed by atoms with van der Waals surface area (Å²) < 4.78 is 0. The summed E-state index contributed by atoms with van der Waals surface area (Å²) in [5, 5.41) is 10.3. The molecular formula is C11H18N2OS. The Bertz CT molecular complexity index is 313. The number of likely N-dealkylation sites (tertiary alicyclic amines) is 1. The summed E-state index contributed by atoms with van der Waals surface area (Å²) in [5.41, 5.74) is 0. The van der Waals surface area contributed by atoms with Crippen molar-refractivity contribution in [3.8, 4) is 0 Å². The molecule has 0 aromatic carbocycles. The van der Waals surface area contributed by atoms with E-state index in [1.54, 1.807) is 0 Å². The molecule has 0 aliphatic carbocycles. The van der Waals surface area contributed by atoms with Crippen molar-refractivity contribution in [3.05, 3.63) is 16.1 Å². The SMILES string of the molecule is CCc1cnc(CN2CCC(CO)C2)s1. The second kappa shape index (κ2) is 5.05. The average molecular weight is 226 g/mol. The molecule has 15 heavy (non-hydrogen) atoms. The Hall–Kier alpha value is -0.450. The van der Waals surface area contributed by atoms with Gasteiger partial charge >= 0.3 is 0 Å². The minimum absolute atomic E-state index is 0.328. The molecule has 1 unspecified atom stereocenters. The molecule has 1 fully saturated rings. The normalized spacial score (nSPS) is 22.4. The van der Waals surface area contributed by atoms with Crippen LogP contribution in [0.4, 0.5) is 0 Å². The minimum Gasteiger partial charge on any atom is -0.396 e. The highest BCUT2D eigenvalue weighted by Crippen LogP contribution is 2.20. The molecule has 0 saturated carbocycles. The zero-order valence-electron chi connectivity index (χ0n) is 9.15. The number of thiazole rings is 1. The lowest BCUT2D eigenvalue weighted by Crippen LogP contribution is -2.20. The molecule has 4 heteroatoms. The van der Waals surface area contributed by atoms with Gasteiger partial charge in [-0.25, -0.2) is 4.98 Å². The molecule has 3 nitrogen and oxygen atoms in total. The maximum absolute atomic E-state index is 9.05. The Morgan fingerprint density at radius 1 is 1.67 bits per heavy atom.